The number of rotatable bonds is 3. The average molecular weight is 343 g/mol. The number of nitrogens with one attached hydrogen (secondary N) is 4. The molecule has 1 aliphatic heterocycles. The van der Waals surface area contributed by atoms with Gasteiger partial charge in [0.15, 0.2) is 0 Å². The first kappa shape index (κ1) is 15.9. The summed E-state index contributed by atoms with van der Waals surface area (Å²) in [6, 6.07) is 16.0. The van der Waals surface area contributed by atoms with Gasteiger partial charge in [0.1, 0.15) is 0 Å². The van der Waals surface area contributed by atoms with Crippen LogP contribution in [0.5, 0.6) is 0 Å². The first-order chi connectivity index (χ1) is 12.8. The van der Waals surface area contributed by atoms with Crippen LogP contribution in [-0.4, -0.2) is 29.2 Å². The number of aromatic amines is 1. The topological polar surface area (TPSA) is 81.8 Å². The van der Waals surface area contributed by atoms with Gasteiger partial charge in [-0.15, -0.1) is 0 Å². The van der Waals surface area contributed by atoms with Crippen LogP contribution >= 0.6 is 0 Å². The first-order valence-corrected chi connectivity index (χ1v) is 8.29. The van der Waals surface area contributed by atoms with Gasteiger partial charge >= 0.3 is 0 Å². The van der Waals surface area contributed by atoms with E-state index in [0.717, 1.165) is 27.7 Å². The number of aromatic nitrogens is 2. The average Bonchev–Trinajstić information content (AvgIpc) is 3.35. The number of carbonyl (C=O) groups excluding carboxylic acids is 1. The molecule has 1 aromatic heterocycles. The number of hydrogen-bond donors (Lipinski definition) is 4. The molecule has 2 heterocycles. The molecular formula is C20H17N5O. The van der Waals surface area contributed by atoms with Gasteiger partial charge in [-0.25, -0.2) is 5.43 Å². The minimum absolute atomic E-state index is 0.117. The van der Waals surface area contributed by atoms with Crippen LogP contribution < -0.4 is 16.2 Å². The molecule has 0 saturated heterocycles. The molecule has 0 saturated carbocycles. The van der Waals surface area contributed by atoms with E-state index < -0.39 is 0 Å². The lowest BCUT2D eigenvalue weighted by Gasteiger charge is -1.99. The SMILES string of the molecule is O=C(NCC#Cc1ccc2c(-c3ccccc3)n[nH]c2c1)C1=CNNC1. The zero-order valence-corrected chi connectivity index (χ0v) is 14.0. The summed E-state index contributed by atoms with van der Waals surface area (Å²) in [5.74, 6) is 5.93. The van der Waals surface area contributed by atoms with Crippen molar-refractivity contribution >= 4 is 16.8 Å². The highest BCUT2D eigenvalue weighted by molar-refractivity contribution is 5.94. The van der Waals surface area contributed by atoms with E-state index in [1.807, 2.05) is 48.5 Å². The maximum atomic E-state index is 11.8. The summed E-state index contributed by atoms with van der Waals surface area (Å²) in [7, 11) is 0. The van der Waals surface area contributed by atoms with E-state index in [1.165, 1.54) is 0 Å². The number of fused-ring (bicyclic) bond motifs is 1. The van der Waals surface area contributed by atoms with Gasteiger partial charge in [-0.1, -0.05) is 42.2 Å². The smallest absolute Gasteiger partial charge is 0.250 e. The molecule has 128 valence electrons. The van der Waals surface area contributed by atoms with Gasteiger partial charge in [0, 0.05) is 34.8 Å². The van der Waals surface area contributed by atoms with Gasteiger partial charge in [-0.05, 0) is 18.2 Å². The Morgan fingerprint density at radius 3 is 2.88 bits per heavy atom. The predicted molar refractivity (Wildman–Crippen MR) is 101 cm³/mol. The summed E-state index contributed by atoms with van der Waals surface area (Å²) in [5, 5.41) is 11.3. The Balaban J connectivity index is 1.46. The van der Waals surface area contributed by atoms with Crippen molar-refractivity contribution in [1.29, 1.82) is 0 Å². The second kappa shape index (κ2) is 7.13. The lowest BCUT2D eigenvalue weighted by Crippen LogP contribution is -2.28. The number of H-pyrrole nitrogens is 1. The minimum atomic E-state index is -0.117. The summed E-state index contributed by atoms with van der Waals surface area (Å²) in [4.78, 5) is 11.8. The van der Waals surface area contributed by atoms with Crippen molar-refractivity contribution in [2.75, 3.05) is 13.1 Å². The summed E-state index contributed by atoms with van der Waals surface area (Å²) in [5.41, 5.74) is 10.1. The molecular weight excluding hydrogens is 326 g/mol. The van der Waals surface area contributed by atoms with E-state index in [9.17, 15) is 4.79 Å². The third-order valence-corrected chi connectivity index (χ3v) is 4.10. The second-order valence-electron chi connectivity index (χ2n) is 5.85. The van der Waals surface area contributed by atoms with Gasteiger partial charge in [-0.3, -0.25) is 9.89 Å². The molecule has 1 amide bonds. The lowest BCUT2D eigenvalue weighted by molar-refractivity contribution is -0.117. The number of amides is 1. The first-order valence-electron chi connectivity index (χ1n) is 8.29. The van der Waals surface area contributed by atoms with Crippen molar-refractivity contribution in [2.45, 2.75) is 0 Å². The number of hydrogen-bond acceptors (Lipinski definition) is 4. The molecule has 0 atom stereocenters. The molecule has 0 bridgehead atoms. The van der Waals surface area contributed by atoms with Gasteiger partial charge in [0.05, 0.1) is 17.8 Å². The van der Waals surface area contributed by atoms with Crippen molar-refractivity contribution in [2.24, 2.45) is 0 Å². The Kier molecular flexibility index (Phi) is 4.37. The highest BCUT2D eigenvalue weighted by atomic mass is 16.1. The van der Waals surface area contributed by atoms with E-state index in [2.05, 4.69) is 38.2 Å². The fourth-order valence-electron chi connectivity index (χ4n) is 2.78. The summed E-state index contributed by atoms with van der Waals surface area (Å²) in [6.45, 7) is 0.811. The molecule has 0 unspecified atom stereocenters. The zero-order valence-electron chi connectivity index (χ0n) is 14.0. The van der Waals surface area contributed by atoms with Crippen LogP contribution in [0.4, 0.5) is 0 Å². The highest BCUT2D eigenvalue weighted by Crippen LogP contribution is 2.26. The Morgan fingerprint density at radius 2 is 2.08 bits per heavy atom. The standard InChI is InChI=1S/C20H17N5O/c26-20(16-12-22-23-13-16)21-10-4-5-14-8-9-17-18(11-14)24-25-19(17)15-6-2-1-3-7-15/h1-3,6-9,11-12,22-23H,10,13H2,(H,21,26)(H,24,25). The Hall–Kier alpha value is -3.56. The van der Waals surface area contributed by atoms with Crippen molar-refractivity contribution in [1.82, 2.24) is 26.4 Å². The zero-order chi connectivity index (χ0) is 17.8. The van der Waals surface area contributed by atoms with Crippen molar-refractivity contribution in [3.63, 3.8) is 0 Å². The Bertz CT molecular complexity index is 1040. The monoisotopic (exact) mass is 343 g/mol. The molecule has 0 spiro atoms. The number of nitrogens with zero attached hydrogens (tertiary/aromatic N) is 1. The third-order valence-electron chi connectivity index (χ3n) is 4.10. The predicted octanol–water partition coefficient (Wildman–Crippen LogP) is 1.69. The Morgan fingerprint density at radius 1 is 1.19 bits per heavy atom. The largest absolute Gasteiger partial charge is 0.341 e. The van der Waals surface area contributed by atoms with Crippen LogP contribution in [0, 0.1) is 11.8 Å². The minimum Gasteiger partial charge on any atom is -0.341 e. The maximum Gasteiger partial charge on any atom is 0.250 e. The van der Waals surface area contributed by atoms with Crippen LogP contribution in [0.25, 0.3) is 22.2 Å². The fourth-order valence-corrected chi connectivity index (χ4v) is 2.78. The number of carbonyl (C=O) groups is 1. The van der Waals surface area contributed by atoms with Crippen molar-refractivity contribution in [3.05, 3.63) is 65.9 Å². The van der Waals surface area contributed by atoms with E-state index in [0.29, 0.717) is 18.7 Å². The third kappa shape index (κ3) is 3.29. The van der Waals surface area contributed by atoms with Crippen LogP contribution in [-0.2, 0) is 4.79 Å². The number of hydrazine groups is 1. The molecule has 2 aromatic carbocycles. The highest BCUT2D eigenvalue weighted by Gasteiger charge is 2.11. The van der Waals surface area contributed by atoms with Crippen LogP contribution in [0.2, 0.25) is 0 Å². The van der Waals surface area contributed by atoms with E-state index in [4.69, 9.17) is 0 Å². The van der Waals surface area contributed by atoms with Gasteiger partial charge in [-0.2, -0.15) is 5.10 Å². The molecule has 0 aliphatic carbocycles. The summed E-state index contributed by atoms with van der Waals surface area (Å²) >= 11 is 0. The second-order valence-corrected chi connectivity index (χ2v) is 5.85. The molecule has 1 aliphatic rings. The molecule has 26 heavy (non-hydrogen) atoms. The van der Waals surface area contributed by atoms with Crippen molar-refractivity contribution in [3.8, 4) is 23.1 Å². The van der Waals surface area contributed by atoms with E-state index in [-0.39, 0.29) is 5.91 Å². The Labute approximate surface area is 150 Å². The molecule has 3 aromatic rings. The van der Waals surface area contributed by atoms with E-state index in [1.54, 1.807) is 6.20 Å². The normalized spacial score (nSPS) is 12.8. The molecule has 6 heteroatoms. The van der Waals surface area contributed by atoms with Crippen LogP contribution in [0.3, 0.4) is 0 Å². The maximum absolute atomic E-state index is 11.8. The molecule has 4 N–H and O–H groups in total. The molecule has 0 radical (unpaired) electrons. The van der Waals surface area contributed by atoms with Crippen molar-refractivity contribution < 1.29 is 4.79 Å². The van der Waals surface area contributed by atoms with Crippen LogP contribution in [0.1, 0.15) is 5.56 Å². The molecule has 0 fully saturated rings. The van der Waals surface area contributed by atoms with Gasteiger partial charge < -0.3 is 10.7 Å². The van der Waals surface area contributed by atoms with Gasteiger partial charge in [0.25, 0.3) is 5.91 Å². The van der Waals surface area contributed by atoms with Gasteiger partial charge in [0.2, 0.25) is 0 Å². The quantitative estimate of drug-likeness (QED) is 0.546. The summed E-state index contributed by atoms with van der Waals surface area (Å²) in [6.07, 6.45) is 1.65. The summed E-state index contributed by atoms with van der Waals surface area (Å²) < 4.78 is 0. The lowest BCUT2D eigenvalue weighted by atomic mass is 10.1. The van der Waals surface area contributed by atoms with Crippen LogP contribution in [0.15, 0.2) is 60.3 Å². The molecule has 6 nitrogen and oxygen atoms in total. The fraction of sp³-hybridized carbons (Fsp3) is 0.100. The van der Waals surface area contributed by atoms with E-state index >= 15 is 0 Å². The molecule has 4 rings (SSSR count). The number of benzene rings is 2.